The van der Waals surface area contributed by atoms with Crippen molar-refractivity contribution in [3.63, 3.8) is 0 Å². The number of aromatic nitrogens is 2. The first-order valence-corrected chi connectivity index (χ1v) is 5.49. The maximum Gasteiger partial charge on any atom is 0.259 e. The quantitative estimate of drug-likeness (QED) is 0.863. The lowest BCUT2D eigenvalue weighted by atomic mass is 10.1. The molecule has 0 saturated carbocycles. The first-order valence-electron chi connectivity index (χ1n) is 4.41. The highest BCUT2D eigenvalue weighted by Crippen LogP contribution is 2.25. The second-order valence-electron chi connectivity index (χ2n) is 3.11. The zero-order valence-corrected chi connectivity index (χ0v) is 10.2. The van der Waals surface area contributed by atoms with Gasteiger partial charge >= 0.3 is 0 Å². The number of aliphatic hydroxyl groups excluding tert-OH is 1. The van der Waals surface area contributed by atoms with Crippen LogP contribution in [-0.4, -0.2) is 15.2 Å². The summed E-state index contributed by atoms with van der Waals surface area (Å²) in [7, 11) is 0. The molecule has 0 atom stereocenters. The van der Waals surface area contributed by atoms with Gasteiger partial charge < -0.3 is 9.63 Å². The Morgan fingerprint density at radius 1 is 1.47 bits per heavy atom. The number of halogens is 1. The summed E-state index contributed by atoms with van der Waals surface area (Å²) in [6, 6.07) is 5.88. The van der Waals surface area contributed by atoms with Gasteiger partial charge in [-0.25, -0.2) is 0 Å². The van der Waals surface area contributed by atoms with E-state index in [1.165, 1.54) is 0 Å². The van der Waals surface area contributed by atoms with Crippen molar-refractivity contribution in [3.8, 4) is 11.5 Å². The molecule has 2 aromatic rings. The predicted octanol–water partition coefficient (Wildman–Crippen LogP) is 2.14. The normalized spacial score (nSPS) is 10.6. The van der Waals surface area contributed by atoms with Gasteiger partial charge in [-0.3, -0.25) is 0 Å². The standard InChI is InChI=1S/C10H9IN2O2/c1-6-3-2-4-7(9(6)11)10-12-8(5-14)13-15-10/h2-4,14H,5H2,1H3. The van der Waals surface area contributed by atoms with Crippen LogP contribution in [0.3, 0.4) is 0 Å². The third-order valence-electron chi connectivity index (χ3n) is 2.03. The van der Waals surface area contributed by atoms with Crippen molar-refractivity contribution in [1.82, 2.24) is 10.1 Å². The molecule has 0 aliphatic rings. The molecule has 0 saturated heterocycles. The molecular weight excluding hydrogens is 307 g/mol. The summed E-state index contributed by atoms with van der Waals surface area (Å²) in [6.45, 7) is 1.82. The lowest BCUT2D eigenvalue weighted by Gasteiger charge is -2.01. The van der Waals surface area contributed by atoms with E-state index in [-0.39, 0.29) is 6.61 Å². The van der Waals surface area contributed by atoms with Crippen molar-refractivity contribution >= 4 is 22.6 Å². The van der Waals surface area contributed by atoms with Gasteiger partial charge in [0.25, 0.3) is 5.89 Å². The summed E-state index contributed by atoms with van der Waals surface area (Å²) in [5.41, 5.74) is 2.07. The minimum atomic E-state index is -0.202. The average molecular weight is 316 g/mol. The molecule has 15 heavy (non-hydrogen) atoms. The lowest BCUT2D eigenvalue weighted by Crippen LogP contribution is -1.88. The largest absolute Gasteiger partial charge is 0.388 e. The van der Waals surface area contributed by atoms with E-state index in [9.17, 15) is 0 Å². The fourth-order valence-electron chi connectivity index (χ4n) is 1.24. The number of rotatable bonds is 2. The van der Waals surface area contributed by atoms with Crippen LogP contribution in [-0.2, 0) is 6.61 Å². The first-order chi connectivity index (χ1) is 7.22. The van der Waals surface area contributed by atoms with Gasteiger partial charge in [0.15, 0.2) is 5.82 Å². The second-order valence-corrected chi connectivity index (χ2v) is 4.19. The van der Waals surface area contributed by atoms with Crippen LogP contribution in [0.4, 0.5) is 0 Å². The van der Waals surface area contributed by atoms with E-state index in [1.54, 1.807) is 0 Å². The Labute approximate surface area is 100 Å². The molecule has 0 unspecified atom stereocenters. The van der Waals surface area contributed by atoms with Crippen molar-refractivity contribution in [2.75, 3.05) is 0 Å². The molecular formula is C10H9IN2O2. The topological polar surface area (TPSA) is 59.2 Å². The number of hydrogen-bond acceptors (Lipinski definition) is 4. The van der Waals surface area contributed by atoms with Gasteiger partial charge in [0.2, 0.25) is 0 Å². The zero-order chi connectivity index (χ0) is 10.8. The molecule has 0 aliphatic carbocycles. The van der Waals surface area contributed by atoms with E-state index in [0.29, 0.717) is 11.7 Å². The number of aryl methyl sites for hydroxylation is 1. The molecule has 1 aromatic carbocycles. The molecule has 1 N–H and O–H groups in total. The van der Waals surface area contributed by atoms with Crippen LogP contribution >= 0.6 is 22.6 Å². The molecule has 0 spiro atoms. The van der Waals surface area contributed by atoms with E-state index in [4.69, 9.17) is 9.63 Å². The molecule has 2 rings (SSSR count). The molecule has 0 amide bonds. The van der Waals surface area contributed by atoms with Crippen LogP contribution in [0.2, 0.25) is 0 Å². The number of benzene rings is 1. The lowest BCUT2D eigenvalue weighted by molar-refractivity contribution is 0.264. The van der Waals surface area contributed by atoms with Crippen LogP contribution in [0.15, 0.2) is 22.7 Å². The summed E-state index contributed by atoms with van der Waals surface area (Å²) in [5.74, 6) is 0.759. The molecule has 5 heteroatoms. The van der Waals surface area contributed by atoms with Crippen molar-refractivity contribution in [2.24, 2.45) is 0 Å². The summed E-state index contributed by atoms with van der Waals surface area (Å²) in [6.07, 6.45) is 0. The van der Waals surface area contributed by atoms with E-state index in [1.807, 2.05) is 25.1 Å². The molecule has 0 fully saturated rings. The predicted molar refractivity (Wildman–Crippen MR) is 63.1 cm³/mol. The summed E-state index contributed by atoms with van der Waals surface area (Å²) in [4.78, 5) is 4.07. The molecule has 0 radical (unpaired) electrons. The maximum absolute atomic E-state index is 8.83. The molecule has 1 heterocycles. The third kappa shape index (κ3) is 2.03. The molecule has 1 aromatic heterocycles. The highest BCUT2D eigenvalue weighted by atomic mass is 127. The SMILES string of the molecule is Cc1cccc(-c2nc(CO)no2)c1I. The second kappa shape index (κ2) is 4.28. The average Bonchev–Trinajstić information content (AvgIpc) is 2.70. The van der Waals surface area contributed by atoms with Gasteiger partial charge in [-0.15, -0.1) is 0 Å². The minimum Gasteiger partial charge on any atom is -0.388 e. The van der Waals surface area contributed by atoms with Gasteiger partial charge in [0.05, 0.1) is 5.56 Å². The van der Waals surface area contributed by atoms with Crippen LogP contribution in [0.5, 0.6) is 0 Å². The Hall–Kier alpha value is -0.950. The Balaban J connectivity index is 2.49. The van der Waals surface area contributed by atoms with Gasteiger partial charge in [-0.1, -0.05) is 17.3 Å². The summed E-state index contributed by atoms with van der Waals surface area (Å²) < 4.78 is 6.14. The highest BCUT2D eigenvalue weighted by molar-refractivity contribution is 14.1. The minimum absolute atomic E-state index is 0.202. The first kappa shape index (κ1) is 10.6. The van der Waals surface area contributed by atoms with Crippen molar-refractivity contribution in [2.45, 2.75) is 13.5 Å². The Bertz CT molecular complexity index is 482. The molecule has 78 valence electrons. The van der Waals surface area contributed by atoms with E-state index in [2.05, 4.69) is 32.7 Å². The highest BCUT2D eigenvalue weighted by Gasteiger charge is 2.12. The molecule has 4 nitrogen and oxygen atoms in total. The Morgan fingerprint density at radius 3 is 2.93 bits per heavy atom. The van der Waals surface area contributed by atoms with Crippen molar-refractivity contribution in [3.05, 3.63) is 33.2 Å². The van der Waals surface area contributed by atoms with Crippen molar-refractivity contribution < 1.29 is 9.63 Å². The number of hydrogen-bond donors (Lipinski definition) is 1. The van der Waals surface area contributed by atoms with Crippen LogP contribution in [0, 0.1) is 10.5 Å². The fourth-order valence-corrected chi connectivity index (χ4v) is 1.83. The molecule has 0 bridgehead atoms. The number of nitrogens with zero attached hydrogens (tertiary/aromatic N) is 2. The fraction of sp³-hybridized carbons (Fsp3) is 0.200. The smallest absolute Gasteiger partial charge is 0.259 e. The van der Waals surface area contributed by atoms with Crippen LogP contribution < -0.4 is 0 Å². The van der Waals surface area contributed by atoms with Gasteiger partial charge in [-0.2, -0.15) is 4.98 Å². The number of aliphatic hydroxyl groups is 1. The van der Waals surface area contributed by atoms with E-state index in [0.717, 1.165) is 14.7 Å². The Kier molecular flexibility index (Phi) is 3.01. The molecule has 0 aliphatic heterocycles. The summed E-state index contributed by atoms with van der Waals surface area (Å²) in [5, 5.41) is 12.5. The third-order valence-corrected chi connectivity index (χ3v) is 3.46. The van der Waals surface area contributed by atoms with Crippen LogP contribution in [0.25, 0.3) is 11.5 Å². The van der Waals surface area contributed by atoms with Gasteiger partial charge in [0, 0.05) is 3.57 Å². The van der Waals surface area contributed by atoms with E-state index >= 15 is 0 Å². The van der Waals surface area contributed by atoms with Crippen molar-refractivity contribution in [1.29, 1.82) is 0 Å². The van der Waals surface area contributed by atoms with Crippen LogP contribution in [0.1, 0.15) is 11.4 Å². The van der Waals surface area contributed by atoms with E-state index < -0.39 is 0 Å². The monoisotopic (exact) mass is 316 g/mol. The Morgan fingerprint density at radius 2 is 2.27 bits per heavy atom. The zero-order valence-electron chi connectivity index (χ0n) is 8.07. The summed E-state index contributed by atoms with van der Waals surface area (Å²) >= 11 is 2.24. The van der Waals surface area contributed by atoms with Gasteiger partial charge in [-0.05, 0) is 41.1 Å². The van der Waals surface area contributed by atoms with Gasteiger partial charge in [0.1, 0.15) is 6.61 Å². The maximum atomic E-state index is 8.83.